The van der Waals surface area contributed by atoms with Gasteiger partial charge in [0.25, 0.3) is 5.56 Å². The molecular weight excluding hydrogens is 324 g/mol. The number of nitrogens with zero attached hydrogens (tertiary/aromatic N) is 2. The monoisotopic (exact) mass is 340 g/mol. The maximum Gasteiger partial charge on any atom is 0.339 e. The molecule has 0 aliphatic rings. The van der Waals surface area contributed by atoms with Crippen molar-refractivity contribution in [2.45, 2.75) is 18.4 Å². The third-order valence-corrected chi connectivity index (χ3v) is 4.33. The fourth-order valence-electron chi connectivity index (χ4n) is 2.36. The number of rotatable bonds is 4. The Labute approximate surface area is 143 Å². The average molecular weight is 340 g/mol. The van der Waals surface area contributed by atoms with Gasteiger partial charge in [0.05, 0.1) is 11.3 Å². The van der Waals surface area contributed by atoms with Gasteiger partial charge in [-0.1, -0.05) is 18.2 Å². The highest BCUT2D eigenvalue weighted by atomic mass is 32.2. The summed E-state index contributed by atoms with van der Waals surface area (Å²) in [6.45, 7) is 1.87. The molecule has 0 aliphatic heterocycles. The van der Waals surface area contributed by atoms with Crippen molar-refractivity contribution >= 4 is 23.4 Å². The summed E-state index contributed by atoms with van der Waals surface area (Å²) in [7, 11) is 0. The van der Waals surface area contributed by atoms with E-state index in [1.165, 1.54) is 22.2 Å². The summed E-state index contributed by atoms with van der Waals surface area (Å²) in [5, 5.41) is 0. The van der Waals surface area contributed by atoms with Crippen molar-refractivity contribution in [2.75, 3.05) is 6.26 Å². The highest BCUT2D eigenvalue weighted by molar-refractivity contribution is 7.98. The zero-order chi connectivity index (χ0) is 17.1. The maximum atomic E-state index is 12.2. The Hall–Kier alpha value is -2.60. The predicted molar refractivity (Wildman–Crippen MR) is 93.5 cm³/mol. The number of hydrogen-bond acceptors (Lipinski definition) is 5. The number of carbonyl (C=O) groups is 1. The van der Waals surface area contributed by atoms with Gasteiger partial charge in [-0.3, -0.25) is 9.20 Å². The number of pyridine rings is 1. The topological polar surface area (TPSA) is 60.7 Å². The van der Waals surface area contributed by atoms with Crippen LogP contribution in [0, 0.1) is 6.92 Å². The van der Waals surface area contributed by atoms with Crippen LogP contribution in [-0.2, 0) is 11.3 Å². The van der Waals surface area contributed by atoms with Crippen molar-refractivity contribution in [1.29, 1.82) is 0 Å². The number of ether oxygens (including phenoxy) is 1. The van der Waals surface area contributed by atoms with Gasteiger partial charge in [-0.15, -0.1) is 11.8 Å². The minimum atomic E-state index is -0.425. The lowest BCUT2D eigenvalue weighted by atomic mass is 10.2. The van der Waals surface area contributed by atoms with Crippen molar-refractivity contribution in [3.05, 3.63) is 75.8 Å². The van der Waals surface area contributed by atoms with E-state index in [9.17, 15) is 9.59 Å². The van der Waals surface area contributed by atoms with Gasteiger partial charge in [-0.25, -0.2) is 9.78 Å². The van der Waals surface area contributed by atoms with E-state index in [0.717, 1.165) is 10.5 Å². The van der Waals surface area contributed by atoms with Crippen molar-refractivity contribution in [3.8, 4) is 0 Å². The van der Waals surface area contributed by atoms with Crippen molar-refractivity contribution in [3.63, 3.8) is 0 Å². The van der Waals surface area contributed by atoms with Crippen LogP contribution in [0.2, 0.25) is 0 Å². The molecule has 2 aromatic heterocycles. The molecule has 0 fully saturated rings. The standard InChI is InChI=1S/C18H16N2O3S/c1-12-7-8-16-19-13(9-17(21)20(16)10-12)11-23-18(22)14-5-3-4-6-15(14)24-2/h3-10H,11H2,1-2H3. The zero-order valence-corrected chi connectivity index (χ0v) is 14.2. The normalized spacial score (nSPS) is 10.8. The fourth-order valence-corrected chi connectivity index (χ4v) is 2.95. The van der Waals surface area contributed by atoms with E-state index in [0.29, 0.717) is 16.9 Å². The third kappa shape index (κ3) is 3.33. The van der Waals surface area contributed by atoms with Crippen LogP contribution in [0.15, 0.2) is 58.4 Å². The Balaban J connectivity index is 1.82. The van der Waals surface area contributed by atoms with Crippen molar-refractivity contribution in [2.24, 2.45) is 0 Å². The lowest BCUT2D eigenvalue weighted by Crippen LogP contribution is -2.17. The lowest BCUT2D eigenvalue weighted by molar-refractivity contribution is 0.0463. The van der Waals surface area contributed by atoms with Crippen LogP contribution >= 0.6 is 11.8 Å². The minimum absolute atomic E-state index is 0.0405. The Morgan fingerprint density at radius 2 is 2.04 bits per heavy atom. The van der Waals surface area contributed by atoms with Crippen molar-refractivity contribution in [1.82, 2.24) is 9.38 Å². The van der Waals surface area contributed by atoms with Crippen LogP contribution in [0.3, 0.4) is 0 Å². The van der Waals surface area contributed by atoms with Gasteiger partial charge >= 0.3 is 5.97 Å². The number of fused-ring (bicyclic) bond motifs is 1. The summed E-state index contributed by atoms with van der Waals surface area (Å²) in [6, 6.07) is 12.3. The molecule has 0 saturated carbocycles. The molecular formula is C18H16N2O3S. The van der Waals surface area contributed by atoms with Crippen LogP contribution in [0.25, 0.3) is 5.65 Å². The molecule has 0 amide bonds. The molecule has 0 N–H and O–H groups in total. The van der Waals surface area contributed by atoms with Crippen LogP contribution in [-0.4, -0.2) is 21.6 Å². The molecule has 24 heavy (non-hydrogen) atoms. The quantitative estimate of drug-likeness (QED) is 0.539. The van der Waals surface area contributed by atoms with Gasteiger partial charge in [-0.2, -0.15) is 0 Å². The van der Waals surface area contributed by atoms with Gasteiger partial charge in [0.15, 0.2) is 0 Å². The summed E-state index contributed by atoms with van der Waals surface area (Å²) in [5.74, 6) is -0.425. The molecule has 1 aromatic carbocycles. The summed E-state index contributed by atoms with van der Waals surface area (Å²) >= 11 is 1.48. The first kappa shape index (κ1) is 16.3. The zero-order valence-electron chi connectivity index (χ0n) is 13.4. The molecule has 0 radical (unpaired) electrons. The number of thioether (sulfide) groups is 1. The number of carbonyl (C=O) groups excluding carboxylic acids is 1. The second-order valence-electron chi connectivity index (χ2n) is 5.30. The molecule has 0 atom stereocenters. The first-order valence-electron chi connectivity index (χ1n) is 7.37. The summed E-state index contributed by atoms with van der Waals surface area (Å²) in [6.07, 6.45) is 3.63. The fraction of sp³-hybridized carbons (Fsp3) is 0.167. The van der Waals surface area contributed by atoms with Crippen LogP contribution in [0.1, 0.15) is 21.6 Å². The number of benzene rings is 1. The van der Waals surface area contributed by atoms with E-state index >= 15 is 0 Å². The first-order valence-corrected chi connectivity index (χ1v) is 8.60. The molecule has 2 heterocycles. The van der Waals surface area contributed by atoms with Crippen molar-refractivity contribution < 1.29 is 9.53 Å². The molecule has 3 aromatic rings. The Morgan fingerprint density at radius 3 is 2.83 bits per heavy atom. The molecule has 0 aliphatic carbocycles. The Morgan fingerprint density at radius 1 is 1.25 bits per heavy atom. The number of hydrogen-bond donors (Lipinski definition) is 0. The number of aryl methyl sites for hydroxylation is 1. The molecule has 3 rings (SSSR count). The van der Waals surface area contributed by atoms with E-state index in [-0.39, 0.29) is 12.2 Å². The number of esters is 1. The van der Waals surface area contributed by atoms with E-state index in [1.807, 2.05) is 31.4 Å². The molecule has 0 saturated heterocycles. The third-order valence-electron chi connectivity index (χ3n) is 3.54. The lowest BCUT2D eigenvalue weighted by Gasteiger charge is -2.08. The predicted octanol–water partition coefficient (Wildman–Crippen LogP) is 3.08. The second kappa shape index (κ2) is 6.88. The largest absolute Gasteiger partial charge is 0.456 e. The molecule has 5 nitrogen and oxygen atoms in total. The van der Waals surface area contributed by atoms with Gasteiger partial charge in [0, 0.05) is 17.2 Å². The van der Waals surface area contributed by atoms with Gasteiger partial charge < -0.3 is 4.74 Å². The average Bonchev–Trinajstić information content (AvgIpc) is 2.60. The highest BCUT2D eigenvalue weighted by Crippen LogP contribution is 2.20. The van der Waals surface area contributed by atoms with E-state index in [1.54, 1.807) is 24.4 Å². The van der Waals surface area contributed by atoms with Crippen LogP contribution < -0.4 is 5.56 Å². The maximum absolute atomic E-state index is 12.2. The van der Waals surface area contributed by atoms with Crippen LogP contribution in [0.4, 0.5) is 0 Å². The number of aromatic nitrogens is 2. The highest BCUT2D eigenvalue weighted by Gasteiger charge is 2.13. The van der Waals surface area contributed by atoms with E-state index in [2.05, 4.69) is 4.98 Å². The summed E-state index contributed by atoms with van der Waals surface area (Å²) < 4.78 is 6.80. The van der Waals surface area contributed by atoms with E-state index < -0.39 is 5.97 Å². The van der Waals surface area contributed by atoms with E-state index in [4.69, 9.17) is 4.74 Å². The van der Waals surface area contributed by atoms with Gasteiger partial charge in [-0.05, 0) is 36.9 Å². The molecule has 122 valence electrons. The summed E-state index contributed by atoms with van der Waals surface area (Å²) in [4.78, 5) is 29.6. The smallest absolute Gasteiger partial charge is 0.339 e. The van der Waals surface area contributed by atoms with Gasteiger partial charge in [0.1, 0.15) is 12.3 Å². The van der Waals surface area contributed by atoms with Gasteiger partial charge in [0.2, 0.25) is 0 Å². The second-order valence-corrected chi connectivity index (χ2v) is 6.14. The Bertz CT molecular complexity index is 966. The molecule has 0 bridgehead atoms. The SMILES string of the molecule is CSc1ccccc1C(=O)OCc1cc(=O)n2cc(C)ccc2n1. The minimum Gasteiger partial charge on any atom is -0.456 e. The van der Waals surface area contributed by atoms with Crippen LogP contribution in [0.5, 0.6) is 0 Å². The first-order chi connectivity index (χ1) is 11.6. The summed E-state index contributed by atoms with van der Waals surface area (Å²) in [5.41, 5.74) is 2.25. The Kier molecular flexibility index (Phi) is 4.66. The molecule has 0 unspecified atom stereocenters. The molecule has 6 heteroatoms. The molecule has 0 spiro atoms.